The number of ether oxygens (including phenoxy) is 2. The van der Waals surface area contributed by atoms with E-state index in [-0.39, 0.29) is 6.03 Å². The zero-order valence-corrected chi connectivity index (χ0v) is 9.75. The van der Waals surface area contributed by atoms with Crippen molar-refractivity contribution in [3.05, 3.63) is 11.8 Å². The molecule has 1 aliphatic rings. The molecule has 2 amide bonds. The molecule has 92 valence electrons. The molecule has 1 heterocycles. The fraction of sp³-hybridized carbons (Fsp3) is 0.727. The maximum absolute atomic E-state index is 11.3. The molecule has 1 rings (SSSR count). The fourth-order valence-corrected chi connectivity index (χ4v) is 1.41. The minimum atomic E-state index is -0.157. The van der Waals surface area contributed by atoms with E-state index in [1.807, 2.05) is 0 Å². The summed E-state index contributed by atoms with van der Waals surface area (Å²) in [5.74, 6) is 0. The van der Waals surface area contributed by atoms with Crippen molar-refractivity contribution in [2.75, 3.05) is 33.5 Å². The monoisotopic (exact) mass is 228 g/mol. The van der Waals surface area contributed by atoms with Crippen molar-refractivity contribution in [2.45, 2.75) is 19.3 Å². The molecule has 0 saturated carbocycles. The molecule has 0 atom stereocenters. The van der Waals surface area contributed by atoms with Crippen molar-refractivity contribution in [2.24, 2.45) is 0 Å². The first-order valence-corrected chi connectivity index (χ1v) is 5.62. The molecule has 0 radical (unpaired) electrons. The lowest BCUT2D eigenvalue weighted by atomic mass is 10.1. The first-order valence-electron chi connectivity index (χ1n) is 5.62. The van der Waals surface area contributed by atoms with E-state index < -0.39 is 0 Å². The number of nitrogens with one attached hydrogen (secondary N) is 2. The summed E-state index contributed by atoms with van der Waals surface area (Å²) in [7, 11) is 1.65. The van der Waals surface area contributed by atoms with Gasteiger partial charge in [-0.2, -0.15) is 0 Å². The van der Waals surface area contributed by atoms with Crippen molar-refractivity contribution < 1.29 is 14.3 Å². The predicted octanol–water partition coefficient (Wildman–Crippen LogP) is 1.02. The first kappa shape index (κ1) is 13.0. The smallest absolute Gasteiger partial charge is 0.318 e. The Kier molecular flexibility index (Phi) is 6.60. The van der Waals surface area contributed by atoms with Crippen LogP contribution in [0.1, 0.15) is 19.3 Å². The van der Waals surface area contributed by atoms with Gasteiger partial charge in [-0.1, -0.05) is 0 Å². The second kappa shape index (κ2) is 8.13. The Labute approximate surface area is 96.2 Å². The summed E-state index contributed by atoms with van der Waals surface area (Å²) in [5.41, 5.74) is 1.23. The van der Waals surface area contributed by atoms with Gasteiger partial charge in [0.15, 0.2) is 0 Å². The third kappa shape index (κ3) is 5.72. The molecule has 1 aliphatic heterocycles. The zero-order chi connectivity index (χ0) is 11.6. The third-order valence-corrected chi connectivity index (χ3v) is 2.35. The van der Waals surface area contributed by atoms with E-state index in [9.17, 15) is 4.79 Å². The maximum atomic E-state index is 11.3. The molecule has 5 nitrogen and oxygen atoms in total. The molecule has 0 aromatic carbocycles. The molecule has 0 aromatic heterocycles. The molecule has 1 fully saturated rings. The summed E-state index contributed by atoms with van der Waals surface area (Å²) >= 11 is 0. The largest absolute Gasteiger partial charge is 0.385 e. The molecular weight excluding hydrogens is 208 g/mol. The second-order valence-electron chi connectivity index (χ2n) is 3.66. The molecular formula is C11H20N2O3. The number of amides is 2. The number of methoxy groups -OCH3 is 1. The van der Waals surface area contributed by atoms with Crippen molar-refractivity contribution >= 4 is 6.03 Å². The highest BCUT2D eigenvalue weighted by Crippen LogP contribution is 2.11. The van der Waals surface area contributed by atoms with Crippen LogP contribution in [0.5, 0.6) is 0 Å². The summed E-state index contributed by atoms with van der Waals surface area (Å²) in [6.45, 7) is 2.80. The zero-order valence-electron chi connectivity index (χ0n) is 9.75. The van der Waals surface area contributed by atoms with Crippen molar-refractivity contribution in [1.29, 1.82) is 0 Å². The van der Waals surface area contributed by atoms with Crippen LogP contribution in [0.3, 0.4) is 0 Å². The van der Waals surface area contributed by atoms with E-state index in [4.69, 9.17) is 9.47 Å². The maximum Gasteiger partial charge on any atom is 0.318 e. The van der Waals surface area contributed by atoms with Crippen LogP contribution >= 0.6 is 0 Å². The van der Waals surface area contributed by atoms with E-state index in [1.54, 1.807) is 13.3 Å². The van der Waals surface area contributed by atoms with Gasteiger partial charge < -0.3 is 20.1 Å². The van der Waals surface area contributed by atoms with Crippen LogP contribution in [0.4, 0.5) is 4.79 Å². The van der Waals surface area contributed by atoms with Crippen LogP contribution in [0, 0.1) is 0 Å². The van der Waals surface area contributed by atoms with Crippen LogP contribution in [0.2, 0.25) is 0 Å². The normalized spacial score (nSPS) is 15.7. The lowest BCUT2D eigenvalue weighted by molar-refractivity contribution is 0.119. The number of carbonyl (C=O) groups is 1. The average Bonchev–Trinajstić information content (AvgIpc) is 2.33. The highest BCUT2D eigenvalue weighted by atomic mass is 16.5. The summed E-state index contributed by atoms with van der Waals surface area (Å²) < 4.78 is 10.1. The molecule has 2 N–H and O–H groups in total. The standard InChI is InChI=1S/C11H20N2O3/c1-15-6-2-5-12-11(14)13-9-10-3-7-16-8-4-10/h9H,2-8H2,1H3,(H2,12,13,14). The van der Waals surface area contributed by atoms with Gasteiger partial charge in [0.2, 0.25) is 0 Å². The van der Waals surface area contributed by atoms with E-state index in [0.29, 0.717) is 13.2 Å². The molecule has 16 heavy (non-hydrogen) atoms. The number of rotatable bonds is 5. The van der Waals surface area contributed by atoms with Crippen molar-refractivity contribution in [3.8, 4) is 0 Å². The van der Waals surface area contributed by atoms with Gasteiger partial charge in [0.25, 0.3) is 0 Å². The molecule has 1 saturated heterocycles. The van der Waals surface area contributed by atoms with Crippen LogP contribution in [-0.4, -0.2) is 39.5 Å². The van der Waals surface area contributed by atoms with Gasteiger partial charge in [-0.25, -0.2) is 4.79 Å². The third-order valence-electron chi connectivity index (χ3n) is 2.35. The van der Waals surface area contributed by atoms with E-state index in [0.717, 1.165) is 32.5 Å². The molecule has 0 aromatic rings. The number of hydrogen-bond donors (Lipinski definition) is 2. The van der Waals surface area contributed by atoms with E-state index >= 15 is 0 Å². The Morgan fingerprint density at radius 1 is 1.50 bits per heavy atom. The molecule has 0 unspecified atom stereocenters. The van der Waals surface area contributed by atoms with Crippen LogP contribution in [0.25, 0.3) is 0 Å². The topological polar surface area (TPSA) is 59.6 Å². The van der Waals surface area contributed by atoms with Gasteiger partial charge >= 0.3 is 6.03 Å². The highest BCUT2D eigenvalue weighted by molar-refractivity contribution is 5.74. The average molecular weight is 228 g/mol. The van der Waals surface area contributed by atoms with Gasteiger partial charge in [-0.3, -0.25) is 0 Å². The number of carbonyl (C=O) groups excluding carboxylic acids is 1. The fourth-order valence-electron chi connectivity index (χ4n) is 1.41. The lowest BCUT2D eigenvalue weighted by Crippen LogP contribution is -2.33. The quantitative estimate of drug-likeness (QED) is 0.691. The Hall–Kier alpha value is -1.07. The van der Waals surface area contributed by atoms with E-state index in [2.05, 4.69) is 10.6 Å². The Morgan fingerprint density at radius 3 is 2.94 bits per heavy atom. The summed E-state index contributed by atoms with van der Waals surface area (Å²) in [6, 6.07) is -0.157. The summed E-state index contributed by atoms with van der Waals surface area (Å²) in [5, 5.41) is 5.47. The van der Waals surface area contributed by atoms with Gasteiger partial charge in [0, 0.05) is 26.5 Å². The second-order valence-corrected chi connectivity index (χ2v) is 3.66. The van der Waals surface area contributed by atoms with Crippen LogP contribution < -0.4 is 10.6 Å². The van der Waals surface area contributed by atoms with Crippen LogP contribution in [0.15, 0.2) is 11.8 Å². The molecule has 5 heteroatoms. The molecule has 0 spiro atoms. The summed E-state index contributed by atoms with van der Waals surface area (Å²) in [4.78, 5) is 11.3. The van der Waals surface area contributed by atoms with Gasteiger partial charge in [-0.15, -0.1) is 0 Å². The Balaban J connectivity index is 2.08. The Bertz CT molecular complexity index is 233. The van der Waals surface area contributed by atoms with E-state index in [1.165, 1.54) is 5.57 Å². The van der Waals surface area contributed by atoms with Crippen molar-refractivity contribution in [1.82, 2.24) is 10.6 Å². The molecule has 0 bridgehead atoms. The number of hydrogen-bond acceptors (Lipinski definition) is 3. The van der Waals surface area contributed by atoms with Gasteiger partial charge in [0.05, 0.1) is 13.2 Å². The lowest BCUT2D eigenvalue weighted by Gasteiger charge is -2.14. The van der Waals surface area contributed by atoms with Gasteiger partial charge in [-0.05, 0) is 24.8 Å². The predicted molar refractivity (Wildman–Crippen MR) is 61.2 cm³/mol. The molecule has 0 aliphatic carbocycles. The van der Waals surface area contributed by atoms with Crippen LogP contribution in [-0.2, 0) is 9.47 Å². The van der Waals surface area contributed by atoms with Crippen molar-refractivity contribution in [3.63, 3.8) is 0 Å². The minimum Gasteiger partial charge on any atom is -0.385 e. The van der Waals surface area contributed by atoms with Gasteiger partial charge in [0.1, 0.15) is 0 Å². The highest BCUT2D eigenvalue weighted by Gasteiger charge is 2.05. The number of urea groups is 1. The SMILES string of the molecule is COCCCNC(=O)NC=C1CCOCC1. The Morgan fingerprint density at radius 2 is 2.25 bits per heavy atom. The minimum absolute atomic E-state index is 0.157. The summed E-state index contributed by atoms with van der Waals surface area (Å²) in [6.07, 6.45) is 4.43. The first-order chi connectivity index (χ1) is 7.83.